The van der Waals surface area contributed by atoms with Gasteiger partial charge in [0.05, 0.1) is 17.1 Å². The molecule has 3 aromatic rings. The van der Waals surface area contributed by atoms with Gasteiger partial charge in [-0.25, -0.2) is 4.79 Å². The van der Waals surface area contributed by atoms with E-state index in [1.807, 2.05) is 44.2 Å². The second-order valence-corrected chi connectivity index (χ2v) is 7.33. The highest BCUT2D eigenvalue weighted by molar-refractivity contribution is 5.78. The Bertz CT molecular complexity index is 975. The van der Waals surface area contributed by atoms with Crippen molar-refractivity contribution in [3.63, 3.8) is 0 Å². The Morgan fingerprint density at radius 1 is 1.15 bits per heavy atom. The van der Waals surface area contributed by atoms with E-state index in [-0.39, 0.29) is 11.7 Å². The topological polar surface area (TPSA) is 90.1 Å². The number of hydrogen-bond donors (Lipinski definition) is 4. The number of hydrogen-bond acceptors (Lipinski definition) is 4. The van der Waals surface area contributed by atoms with Crippen LogP contribution in [0.15, 0.2) is 47.3 Å². The van der Waals surface area contributed by atoms with E-state index >= 15 is 0 Å². The minimum absolute atomic E-state index is 0.254. The van der Waals surface area contributed by atoms with Crippen molar-refractivity contribution < 1.29 is 9.84 Å². The van der Waals surface area contributed by atoms with E-state index in [2.05, 4.69) is 27.4 Å². The van der Waals surface area contributed by atoms with Crippen LogP contribution in [-0.2, 0) is 6.42 Å². The zero-order valence-electron chi connectivity index (χ0n) is 14.9. The normalized spacial score (nSPS) is 21.3. The van der Waals surface area contributed by atoms with Crippen LogP contribution in [0.25, 0.3) is 11.0 Å². The third-order valence-electron chi connectivity index (χ3n) is 5.00. The van der Waals surface area contributed by atoms with Crippen molar-refractivity contribution in [3.05, 3.63) is 64.1 Å². The second kappa shape index (κ2) is 6.30. The fourth-order valence-corrected chi connectivity index (χ4v) is 3.56. The van der Waals surface area contributed by atoms with E-state index < -0.39 is 11.7 Å². The number of rotatable bonds is 4. The van der Waals surface area contributed by atoms with Crippen molar-refractivity contribution >= 4 is 11.0 Å². The molecule has 2 atom stereocenters. The number of aliphatic hydroxyl groups excluding tert-OH is 1. The van der Waals surface area contributed by atoms with Crippen molar-refractivity contribution in [3.8, 4) is 5.75 Å². The first-order valence-corrected chi connectivity index (χ1v) is 8.84. The highest BCUT2D eigenvalue weighted by atomic mass is 16.5. The Morgan fingerprint density at radius 3 is 2.58 bits per heavy atom. The number of ether oxygens (including phenoxy) is 1. The molecule has 0 bridgehead atoms. The van der Waals surface area contributed by atoms with Gasteiger partial charge in [-0.15, -0.1) is 0 Å². The van der Waals surface area contributed by atoms with Crippen molar-refractivity contribution in [1.82, 2.24) is 15.3 Å². The summed E-state index contributed by atoms with van der Waals surface area (Å²) in [5, 5.41) is 14.3. The molecule has 136 valence electrons. The van der Waals surface area contributed by atoms with Crippen LogP contribution in [-0.4, -0.2) is 33.3 Å². The van der Waals surface area contributed by atoms with E-state index in [0.29, 0.717) is 16.8 Å². The molecule has 2 aromatic carbocycles. The fourth-order valence-electron chi connectivity index (χ4n) is 3.56. The van der Waals surface area contributed by atoms with Crippen LogP contribution in [0.5, 0.6) is 5.75 Å². The standard InChI is InChI=1S/C20H23N3O3/c1-20(2)18(24)17(21-9-8-12-6-4-3-5-7-12)13-10-14-15(11-16(13)26-20)23-19(25)22-14/h3-7,10-11,17-18,21,24H,8-9H2,1-2H3,(H2,22,23,25)/t17-,18+/m1/s1. The minimum Gasteiger partial charge on any atom is -0.485 e. The van der Waals surface area contributed by atoms with Gasteiger partial charge in [-0.2, -0.15) is 0 Å². The molecular weight excluding hydrogens is 330 g/mol. The summed E-state index contributed by atoms with van der Waals surface area (Å²) in [6.07, 6.45) is 0.151. The van der Waals surface area contributed by atoms with Gasteiger partial charge in [-0.1, -0.05) is 30.3 Å². The van der Waals surface area contributed by atoms with Gasteiger partial charge in [0.2, 0.25) is 0 Å². The summed E-state index contributed by atoms with van der Waals surface area (Å²) in [5.41, 5.74) is 2.51. The lowest BCUT2D eigenvalue weighted by Gasteiger charge is -2.42. The van der Waals surface area contributed by atoms with Gasteiger partial charge >= 0.3 is 5.69 Å². The van der Waals surface area contributed by atoms with Gasteiger partial charge in [0.25, 0.3) is 0 Å². The van der Waals surface area contributed by atoms with Gasteiger partial charge in [0.1, 0.15) is 17.5 Å². The van der Waals surface area contributed by atoms with Crippen molar-refractivity contribution in [1.29, 1.82) is 0 Å². The van der Waals surface area contributed by atoms with Crippen molar-refractivity contribution in [2.45, 2.75) is 38.0 Å². The van der Waals surface area contributed by atoms with E-state index in [1.165, 1.54) is 5.56 Å². The molecule has 6 nitrogen and oxygen atoms in total. The molecule has 0 amide bonds. The lowest BCUT2D eigenvalue weighted by molar-refractivity contribution is -0.0642. The lowest BCUT2D eigenvalue weighted by atomic mass is 9.86. The molecular formula is C20H23N3O3. The van der Waals surface area contributed by atoms with Crippen LogP contribution in [0.1, 0.15) is 31.0 Å². The number of aromatic amines is 2. The minimum atomic E-state index is -0.734. The number of fused-ring (bicyclic) bond motifs is 2. The van der Waals surface area contributed by atoms with E-state index in [4.69, 9.17) is 4.74 Å². The Kier molecular flexibility index (Phi) is 4.09. The molecule has 1 aliphatic heterocycles. The van der Waals surface area contributed by atoms with Crippen LogP contribution in [0.3, 0.4) is 0 Å². The first-order valence-electron chi connectivity index (χ1n) is 8.84. The highest BCUT2D eigenvalue weighted by Gasteiger charge is 2.42. The second-order valence-electron chi connectivity index (χ2n) is 7.33. The summed E-state index contributed by atoms with van der Waals surface area (Å²) in [5.74, 6) is 0.681. The molecule has 1 aromatic heterocycles. The zero-order chi connectivity index (χ0) is 18.3. The Labute approximate surface area is 151 Å². The molecule has 0 unspecified atom stereocenters. The van der Waals surface area contributed by atoms with E-state index in [9.17, 15) is 9.90 Å². The Morgan fingerprint density at radius 2 is 1.85 bits per heavy atom. The van der Waals surface area contributed by atoms with Gasteiger partial charge in [-0.05, 0) is 38.4 Å². The summed E-state index contributed by atoms with van der Waals surface area (Å²) in [7, 11) is 0. The summed E-state index contributed by atoms with van der Waals surface area (Å²) >= 11 is 0. The molecule has 0 fully saturated rings. The maximum absolute atomic E-state index is 11.6. The maximum atomic E-state index is 11.6. The highest BCUT2D eigenvalue weighted by Crippen LogP contribution is 2.41. The molecule has 6 heteroatoms. The van der Waals surface area contributed by atoms with Crippen LogP contribution in [0.2, 0.25) is 0 Å². The first kappa shape index (κ1) is 16.9. The summed E-state index contributed by atoms with van der Waals surface area (Å²) in [4.78, 5) is 17.1. The SMILES string of the molecule is CC1(C)Oc2cc3[nH]c(=O)[nH]c3cc2[C@@H](NCCc2ccccc2)[C@@H]1O. The molecule has 0 spiro atoms. The number of benzene rings is 2. The first-order chi connectivity index (χ1) is 12.4. The summed E-state index contributed by atoms with van der Waals surface area (Å²) < 4.78 is 6.02. The van der Waals surface area contributed by atoms with Crippen LogP contribution >= 0.6 is 0 Å². The average Bonchev–Trinajstić information content (AvgIpc) is 2.96. The van der Waals surface area contributed by atoms with Gasteiger partial charge < -0.3 is 25.1 Å². The molecule has 1 aliphatic rings. The zero-order valence-corrected chi connectivity index (χ0v) is 14.9. The van der Waals surface area contributed by atoms with Gasteiger partial charge in [0.15, 0.2) is 0 Å². The summed E-state index contributed by atoms with van der Waals surface area (Å²) in [6, 6.07) is 13.7. The molecule has 0 radical (unpaired) electrons. The predicted molar refractivity (Wildman–Crippen MR) is 101 cm³/mol. The van der Waals surface area contributed by atoms with E-state index in [0.717, 1.165) is 18.5 Å². The molecule has 4 N–H and O–H groups in total. The van der Waals surface area contributed by atoms with Crippen LogP contribution < -0.4 is 15.7 Å². The van der Waals surface area contributed by atoms with Crippen molar-refractivity contribution in [2.24, 2.45) is 0 Å². The third-order valence-corrected chi connectivity index (χ3v) is 5.00. The summed E-state index contributed by atoms with van der Waals surface area (Å²) in [6.45, 7) is 4.47. The molecule has 26 heavy (non-hydrogen) atoms. The largest absolute Gasteiger partial charge is 0.485 e. The maximum Gasteiger partial charge on any atom is 0.323 e. The average molecular weight is 353 g/mol. The Hall–Kier alpha value is -2.57. The molecule has 4 rings (SSSR count). The van der Waals surface area contributed by atoms with Crippen molar-refractivity contribution in [2.75, 3.05) is 6.54 Å². The van der Waals surface area contributed by atoms with E-state index in [1.54, 1.807) is 0 Å². The third kappa shape index (κ3) is 3.02. The number of nitrogens with one attached hydrogen (secondary N) is 3. The molecule has 0 saturated heterocycles. The predicted octanol–water partition coefficient (Wildman–Crippen LogP) is 2.26. The lowest BCUT2D eigenvalue weighted by Crippen LogP contribution is -2.52. The number of imidazole rings is 1. The number of H-pyrrole nitrogens is 2. The van der Waals surface area contributed by atoms with Crippen LogP contribution in [0, 0.1) is 0 Å². The van der Waals surface area contributed by atoms with Gasteiger partial charge in [-0.3, -0.25) is 0 Å². The monoisotopic (exact) mass is 353 g/mol. The number of aliphatic hydroxyl groups is 1. The smallest absolute Gasteiger partial charge is 0.323 e. The molecule has 2 heterocycles. The quantitative estimate of drug-likeness (QED) is 0.579. The molecule has 0 saturated carbocycles. The Balaban J connectivity index is 1.64. The fraction of sp³-hybridized carbons (Fsp3) is 0.350. The van der Waals surface area contributed by atoms with Crippen LogP contribution in [0.4, 0.5) is 0 Å². The number of aromatic nitrogens is 2. The van der Waals surface area contributed by atoms with Gasteiger partial charge in [0, 0.05) is 11.6 Å². The molecule has 0 aliphatic carbocycles.